The maximum atomic E-state index is 12.3. The Morgan fingerprint density at radius 2 is 2.10 bits per heavy atom. The minimum atomic E-state index is -0.893. The van der Waals surface area contributed by atoms with Crippen LogP contribution < -0.4 is 5.32 Å². The second kappa shape index (κ2) is 6.24. The molecule has 2 amide bonds. The topological polar surface area (TPSA) is 69.6 Å². The average molecular weight is 300 g/mol. The molecule has 5 nitrogen and oxygen atoms in total. The van der Waals surface area contributed by atoms with Gasteiger partial charge in [-0.05, 0) is 37.9 Å². The van der Waals surface area contributed by atoms with Crippen molar-refractivity contribution in [2.75, 3.05) is 19.3 Å². The van der Waals surface area contributed by atoms with E-state index in [0.717, 1.165) is 25.7 Å². The maximum absolute atomic E-state index is 12.3. The molecule has 0 radical (unpaired) electrons. The number of amides is 2. The zero-order chi connectivity index (χ0) is 14.8. The molecule has 6 heteroatoms. The number of carbonyl (C=O) groups is 2. The number of thioether (sulfide) groups is 1. The summed E-state index contributed by atoms with van der Waals surface area (Å²) >= 11 is 1.81. The summed E-state index contributed by atoms with van der Waals surface area (Å²) in [5.74, 6) is -0.874. The highest BCUT2D eigenvalue weighted by Crippen LogP contribution is 2.42. The molecule has 0 aromatic rings. The molecule has 2 rings (SSSR count). The van der Waals surface area contributed by atoms with Crippen molar-refractivity contribution in [2.24, 2.45) is 5.92 Å². The molecule has 20 heavy (non-hydrogen) atoms. The van der Waals surface area contributed by atoms with Crippen LogP contribution in [0, 0.1) is 5.92 Å². The molecule has 2 N–H and O–H groups in total. The Hall–Kier alpha value is -0.910. The number of carboxylic acids is 1. The number of hydrogen-bond donors (Lipinski definition) is 2. The van der Waals surface area contributed by atoms with E-state index in [1.54, 1.807) is 11.8 Å². The molecular weight excluding hydrogens is 276 g/mol. The Kier molecular flexibility index (Phi) is 4.83. The quantitative estimate of drug-likeness (QED) is 0.835. The first-order valence-corrected chi connectivity index (χ1v) is 8.54. The third-order valence-electron chi connectivity index (χ3n) is 4.71. The van der Waals surface area contributed by atoms with Gasteiger partial charge in [-0.3, -0.25) is 0 Å². The average Bonchev–Trinajstić information content (AvgIpc) is 2.37. The Morgan fingerprint density at radius 1 is 1.40 bits per heavy atom. The molecule has 114 valence electrons. The Bertz CT molecular complexity index is 379. The van der Waals surface area contributed by atoms with Crippen molar-refractivity contribution in [1.29, 1.82) is 0 Å². The van der Waals surface area contributed by atoms with Gasteiger partial charge in [-0.25, -0.2) is 9.59 Å². The summed E-state index contributed by atoms with van der Waals surface area (Å²) in [4.78, 5) is 25.2. The number of rotatable bonds is 4. The van der Waals surface area contributed by atoms with Crippen LogP contribution >= 0.6 is 11.8 Å². The van der Waals surface area contributed by atoms with Gasteiger partial charge in [0.1, 0.15) is 6.04 Å². The van der Waals surface area contributed by atoms with Gasteiger partial charge in [-0.1, -0.05) is 13.3 Å². The van der Waals surface area contributed by atoms with Gasteiger partial charge < -0.3 is 15.3 Å². The molecule has 2 fully saturated rings. The number of nitrogens with zero attached hydrogens (tertiary/aromatic N) is 1. The van der Waals surface area contributed by atoms with Crippen molar-refractivity contribution in [3.8, 4) is 0 Å². The number of aliphatic carboxylic acids is 1. The molecule has 0 aromatic heterocycles. The largest absolute Gasteiger partial charge is 0.480 e. The van der Waals surface area contributed by atoms with Crippen LogP contribution in [0.1, 0.15) is 39.0 Å². The lowest BCUT2D eigenvalue weighted by atomic mass is 9.84. The number of piperidine rings is 1. The number of carboxylic acid groups (broad SMARTS) is 1. The van der Waals surface area contributed by atoms with Crippen molar-refractivity contribution in [3.63, 3.8) is 0 Å². The summed E-state index contributed by atoms with van der Waals surface area (Å²) < 4.78 is 0.176. The van der Waals surface area contributed by atoms with Crippen LogP contribution in [0.4, 0.5) is 4.79 Å². The first-order valence-electron chi connectivity index (χ1n) is 7.31. The second-order valence-electron chi connectivity index (χ2n) is 6.00. The summed E-state index contributed by atoms with van der Waals surface area (Å²) in [5, 5.41) is 12.3. The minimum Gasteiger partial charge on any atom is -0.480 e. The predicted octanol–water partition coefficient (Wildman–Crippen LogP) is 2.17. The smallest absolute Gasteiger partial charge is 0.326 e. The van der Waals surface area contributed by atoms with Gasteiger partial charge in [0.05, 0.1) is 0 Å². The summed E-state index contributed by atoms with van der Waals surface area (Å²) in [5.41, 5.74) is 0. The molecule has 2 unspecified atom stereocenters. The van der Waals surface area contributed by atoms with E-state index in [2.05, 4.69) is 11.6 Å². The van der Waals surface area contributed by atoms with E-state index in [9.17, 15) is 14.7 Å². The predicted molar refractivity (Wildman–Crippen MR) is 80.0 cm³/mol. The SMILES string of the molecule is CSC1(CNC(=O)N2CCCC(C)C2C(=O)O)CCC1. The van der Waals surface area contributed by atoms with Crippen LogP contribution in [0.5, 0.6) is 0 Å². The molecule has 1 aliphatic heterocycles. The van der Waals surface area contributed by atoms with Crippen molar-refractivity contribution in [1.82, 2.24) is 10.2 Å². The van der Waals surface area contributed by atoms with E-state index in [1.165, 1.54) is 11.3 Å². The normalized spacial score (nSPS) is 28.6. The standard InChI is InChI=1S/C14H24N2O3S/c1-10-5-3-8-16(11(10)12(17)18)13(19)15-9-14(20-2)6-4-7-14/h10-11H,3-9H2,1-2H3,(H,15,19)(H,17,18). The second-order valence-corrected chi connectivity index (χ2v) is 7.27. The van der Waals surface area contributed by atoms with E-state index in [1.807, 2.05) is 6.92 Å². The van der Waals surface area contributed by atoms with Gasteiger partial charge in [0, 0.05) is 17.8 Å². The van der Waals surface area contributed by atoms with E-state index < -0.39 is 12.0 Å². The van der Waals surface area contributed by atoms with E-state index in [0.29, 0.717) is 13.1 Å². The van der Waals surface area contributed by atoms with Crippen LogP contribution in [0.2, 0.25) is 0 Å². The lowest BCUT2D eigenvalue weighted by Gasteiger charge is -2.42. The number of carbonyl (C=O) groups excluding carboxylic acids is 1. The molecule has 1 saturated carbocycles. The maximum Gasteiger partial charge on any atom is 0.326 e. The fourth-order valence-corrected chi connectivity index (χ4v) is 4.07. The molecule has 2 aliphatic rings. The summed E-state index contributed by atoms with van der Waals surface area (Å²) in [6.45, 7) is 3.09. The monoisotopic (exact) mass is 300 g/mol. The molecule has 1 heterocycles. The van der Waals surface area contributed by atoms with Crippen molar-refractivity contribution < 1.29 is 14.7 Å². The fraction of sp³-hybridized carbons (Fsp3) is 0.857. The summed E-state index contributed by atoms with van der Waals surface area (Å²) in [6.07, 6.45) is 7.31. The third kappa shape index (κ3) is 3.05. The Morgan fingerprint density at radius 3 is 2.60 bits per heavy atom. The van der Waals surface area contributed by atoms with Gasteiger partial charge in [0.15, 0.2) is 0 Å². The van der Waals surface area contributed by atoms with E-state index in [4.69, 9.17) is 0 Å². The van der Waals surface area contributed by atoms with Gasteiger partial charge in [-0.15, -0.1) is 0 Å². The number of urea groups is 1. The first-order chi connectivity index (χ1) is 9.49. The van der Waals surface area contributed by atoms with Crippen molar-refractivity contribution in [3.05, 3.63) is 0 Å². The van der Waals surface area contributed by atoms with Crippen LogP contribution in [0.25, 0.3) is 0 Å². The molecular formula is C14H24N2O3S. The van der Waals surface area contributed by atoms with E-state index >= 15 is 0 Å². The van der Waals surface area contributed by atoms with Gasteiger partial charge in [0.25, 0.3) is 0 Å². The van der Waals surface area contributed by atoms with Gasteiger partial charge in [-0.2, -0.15) is 11.8 Å². The van der Waals surface area contributed by atoms with Crippen LogP contribution in [-0.2, 0) is 4.79 Å². The van der Waals surface area contributed by atoms with Crippen molar-refractivity contribution in [2.45, 2.75) is 49.8 Å². The number of nitrogens with one attached hydrogen (secondary N) is 1. The number of hydrogen-bond acceptors (Lipinski definition) is 3. The highest BCUT2D eigenvalue weighted by molar-refractivity contribution is 8.00. The van der Waals surface area contributed by atoms with Crippen LogP contribution in [-0.4, -0.2) is 52.1 Å². The highest BCUT2D eigenvalue weighted by Gasteiger charge is 2.40. The van der Waals surface area contributed by atoms with E-state index in [-0.39, 0.29) is 16.7 Å². The van der Waals surface area contributed by atoms with Gasteiger partial charge >= 0.3 is 12.0 Å². The van der Waals surface area contributed by atoms with Crippen molar-refractivity contribution >= 4 is 23.8 Å². The molecule has 1 saturated heterocycles. The molecule has 2 atom stereocenters. The zero-order valence-corrected chi connectivity index (χ0v) is 13.0. The molecule has 0 spiro atoms. The molecule has 1 aliphatic carbocycles. The Labute approximate surface area is 124 Å². The summed E-state index contributed by atoms with van der Waals surface area (Å²) in [7, 11) is 0. The van der Waals surface area contributed by atoms with Gasteiger partial charge in [0.2, 0.25) is 0 Å². The zero-order valence-electron chi connectivity index (χ0n) is 12.2. The number of likely N-dealkylation sites (tertiary alicyclic amines) is 1. The lowest BCUT2D eigenvalue weighted by Crippen LogP contribution is -2.57. The minimum absolute atomic E-state index is 0.0187. The highest BCUT2D eigenvalue weighted by atomic mass is 32.2. The third-order valence-corrected chi connectivity index (χ3v) is 6.13. The Balaban J connectivity index is 1.94. The van der Waals surface area contributed by atoms with Crippen LogP contribution in [0.15, 0.2) is 0 Å². The first kappa shape index (κ1) is 15.5. The van der Waals surface area contributed by atoms with Crippen LogP contribution in [0.3, 0.4) is 0 Å². The summed E-state index contributed by atoms with van der Waals surface area (Å²) in [6, 6.07) is -0.903. The molecule has 0 bridgehead atoms. The lowest BCUT2D eigenvalue weighted by molar-refractivity contribution is -0.145. The fourth-order valence-electron chi connectivity index (χ4n) is 3.15. The molecule has 0 aromatic carbocycles.